The number of ether oxygens (including phenoxy) is 1. The lowest BCUT2D eigenvalue weighted by Gasteiger charge is -2.14. The van der Waals surface area contributed by atoms with Gasteiger partial charge in [0.2, 0.25) is 5.91 Å². The summed E-state index contributed by atoms with van der Waals surface area (Å²) in [6.07, 6.45) is 0. The Bertz CT molecular complexity index is 975. The van der Waals surface area contributed by atoms with Gasteiger partial charge in [-0.15, -0.1) is 0 Å². The first-order chi connectivity index (χ1) is 12.1. The topological polar surface area (TPSA) is 122 Å². The van der Waals surface area contributed by atoms with Crippen LogP contribution in [-0.4, -0.2) is 32.5 Å². The highest BCUT2D eigenvalue weighted by atomic mass is 32.2. The highest BCUT2D eigenvalue weighted by molar-refractivity contribution is 7.92. The molecule has 0 aliphatic rings. The first-order valence-corrected chi connectivity index (χ1v) is 8.63. The van der Waals surface area contributed by atoms with Gasteiger partial charge in [-0.05, 0) is 36.4 Å². The monoisotopic (exact) mass is 382 g/mol. The molecular formula is C16H15FN2O6S. The Morgan fingerprint density at radius 3 is 2.42 bits per heavy atom. The zero-order valence-electron chi connectivity index (χ0n) is 13.7. The first kappa shape index (κ1) is 19.2. The van der Waals surface area contributed by atoms with Crippen LogP contribution in [0.5, 0.6) is 5.75 Å². The minimum absolute atomic E-state index is 0.0404. The van der Waals surface area contributed by atoms with E-state index in [1.165, 1.54) is 26.2 Å². The number of carbonyl (C=O) groups is 2. The molecule has 2 rings (SSSR count). The molecule has 1 amide bonds. The van der Waals surface area contributed by atoms with E-state index in [9.17, 15) is 22.4 Å². The lowest BCUT2D eigenvalue weighted by atomic mass is 10.2. The second kappa shape index (κ2) is 7.40. The number of nitrogens with one attached hydrogen (secondary N) is 2. The predicted molar refractivity (Wildman–Crippen MR) is 91.5 cm³/mol. The van der Waals surface area contributed by atoms with Crippen LogP contribution >= 0.6 is 0 Å². The average Bonchev–Trinajstić information content (AvgIpc) is 2.56. The number of methoxy groups -OCH3 is 1. The number of benzene rings is 2. The van der Waals surface area contributed by atoms with Gasteiger partial charge in [-0.1, -0.05) is 0 Å². The molecule has 0 radical (unpaired) electrons. The molecule has 10 heteroatoms. The number of halogens is 1. The Morgan fingerprint density at radius 1 is 1.15 bits per heavy atom. The van der Waals surface area contributed by atoms with Crippen LogP contribution in [0.1, 0.15) is 17.3 Å². The number of carbonyl (C=O) groups excluding carboxylic acids is 1. The maximum absolute atomic E-state index is 13.9. The molecule has 26 heavy (non-hydrogen) atoms. The first-order valence-electron chi connectivity index (χ1n) is 7.15. The minimum Gasteiger partial charge on any atom is -0.495 e. The predicted octanol–water partition coefficient (Wildman–Crippen LogP) is 2.29. The molecule has 0 heterocycles. The number of carboxylic acid groups (broad SMARTS) is 1. The van der Waals surface area contributed by atoms with Gasteiger partial charge in [0.25, 0.3) is 10.0 Å². The van der Waals surface area contributed by atoms with Crippen molar-refractivity contribution < 1.29 is 32.2 Å². The van der Waals surface area contributed by atoms with E-state index in [1.54, 1.807) is 0 Å². The summed E-state index contributed by atoms with van der Waals surface area (Å²) in [7, 11) is -3.09. The molecule has 0 saturated heterocycles. The lowest BCUT2D eigenvalue weighted by Crippen LogP contribution is -2.16. The molecule has 0 fully saturated rings. The maximum atomic E-state index is 13.9. The van der Waals surface area contributed by atoms with Crippen molar-refractivity contribution in [1.82, 2.24) is 0 Å². The third-order valence-electron chi connectivity index (χ3n) is 3.23. The Balaban J connectivity index is 2.49. The molecule has 0 unspecified atom stereocenters. The van der Waals surface area contributed by atoms with E-state index in [0.29, 0.717) is 0 Å². The fourth-order valence-corrected chi connectivity index (χ4v) is 3.36. The van der Waals surface area contributed by atoms with Crippen molar-refractivity contribution in [3.05, 3.63) is 47.8 Å². The molecular weight excluding hydrogens is 367 g/mol. The van der Waals surface area contributed by atoms with Gasteiger partial charge in [0.1, 0.15) is 16.5 Å². The Hall–Kier alpha value is -3.14. The summed E-state index contributed by atoms with van der Waals surface area (Å²) < 4.78 is 46.2. The Morgan fingerprint density at radius 2 is 1.85 bits per heavy atom. The van der Waals surface area contributed by atoms with E-state index in [4.69, 9.17) is 9.84 Å². The van der Waals surface area contributed by atoms with Crippen molar-refractivity contribution in [3.63, 3.8) is 0 Å². The molecule has 0 aliphatic heterocycles. The highest BCUT2D eigenvalue weighted by Gasteiger charge is 2.22. The number of aromatic carboxylic acids is 1. The summed E-state index contributed by atoms with van der Waals surface area (Å²) in [6, 6.07) is 6.61. The molecule has 0 aliphatic carbocycles. The fraction of sp³-hybridized carbons (Fsp3) is 0.125. The average molecular weight is 382 g/mol. The highest BCUT2D eigenvalue weighted by Crippen LogP contribution is 2.29. The van der Waals surface area contributed by atoms with Crippen molar-refractivity contribution in [2.24, 2.45) is 0 Å². The van der Waals surface area contributed by atoms with Crippen LogP contribution in [-0.2, 0) is 14.8 Å². The van der Waals surface area contributed by atoms with Gasteiger partial charge in [-0.25, -0.2) is 17.6 Å². The Labute approximate surface area is 148 Å². The SMILES string of the molecule is COc1ccc(NC(C)=O)cc1S(=O)(=O)Nc1cc(C(=O)O)ccc1F. The number of hydrogen-bond acceptors (Lipinski definition) is 5. The molecule has 0 saturated carbocycles. The second-order valence-electron chi connectivity index (χ2n) is 5.15. The van der Waals surface area contributed by atoms with Crippen LogP contribution in [0.3, 0.4) is 0 Å². The summed E-state index contributed by atoms with van der Waals surface area (Å²) in [6.45, 7) is 1.25. The van der Waals surface area contributed by atoms with Gasteiger partial charge in [0.15, 0.2) is 0 Å². The van der Waals surface area contributed by atoms with Crippen molar-refractivity contribution in [3.8, 4) is 5.75 Å². The van der Waals surface area contributed by atoms with E-state index in [1.807, 2.05) is 4.72 Å². The number of carboxylic acids is 1. The van der Waals surface area contributed by atoms with Gasteiger partial charge >= 0.3 is 5.97 Å². The van der Waals surface area contributed by atoms with E-state index in [2.05, 4.69) is 5.32 Å². The third-order valence-corrected chi connectivity index (χ3v) is 4.62. The molecule has 0 atom stereocenters. The molecule has 0 spiro atoms. The van der Waals surface area contributed by atoms with E-state index < -0.39 is 33.4 Å². The molecule has 138 valence electrons. The number of anilines is 2. The summed E-state index contributed by atoms with van der Waals surface area (Å²) in [5.41, 5.74) is -0.627. The third kappa shape index (κ3) is 4.28. The number of amides is 1. The molecule has 3 N–H and O–H groups in total. The van der Waals surface area contributed by atoms with Gasteiger partial charge in [0, 0.05) is 12.6 Å². The van der Waals surface area contributed by atoms with Crippen LogP contribution in [0.15, 0.2) is 41.3 Å². The number of sulfonamides is 1. The fourth-order valence-electron chi connectivity index (χ4n) is 2.10. The van der Waals surface area contributed by atoms with Crippen LogP contribution in [0.4, 0.5) is 15.8 Å². The van der Waals surface area contributed by atoms with E-state index >= 15 is 0 Å². The van der Waals surface area contributed by atoms with Crippen LogP contribution in [0.2, 0.25) is 0 Å². The maximum Gasteiger partial charge on any atom is 0.335 e. The number of hydrogen-bond donors (Lipinski definition) is 3. The van der Waals surface area contributed by atoms with Gasteiger partial charge < -0.3 is 15.2 Å². The largest absolute Gasteiger partial charge is 0.495 e. The standard InChI is InChI=1S/C16H15FN2O6S/c1-9(20)18-11-4-6-14(25-2)15(8-11)26(23,24)19-13-7-10(16(21)22)3-5-12(13)17/h3-8,19H,1-2H3,(H,18,20)(H,21,22). The van der Waals surface area contributed by atoms with Crippen molar-refractivity contribution in [1.29, 1.82) is 0 Å². The minimum atomic E-state index is -4.34. The smallest absolute Gasteiger partial charge is 0.335 e. The zero-order valence-corrected chi connectivity index (χ0v) is 14.6. The van der Waals surface area contributed by atoms with Crippen LogP contribution in [0, 0.1) is 5.82 Å². The van der Waals surface area contributed by atoms with E-state index in [-0.39, 0.29) is 21.9 Å². The summed E-state index contributed by atoms with van der Waals surface area (Å²) in [5, 5.41) is 11.4. The van der Waals surface area contributed by atoms with Gasteiger partial charge in [-0.2, -0.15) is 0 Å². The quantitative estimate of drug-likeness (QED) is 0.705. The molecule has 2 aromatic carbocycles. The number of rotatable bonds is 6. The van der Waals surface area contributed by atoms with Crippen molar-refractivity contribution in [2.45, 2.75) is 11.8 Å². The van der Waals surface area contributed by atoms with E-state index in [0.717, 1.165) is 24.3 Å². The Kier molecular flexibility index (Phi) is 5.46. The van der Waals surface area contributed by atoms with Crippen molar-refractivity contribution in [2.75, 3.05) is 17.1 Å². The molecule has 2 aromatic rings. The van der Waals surface area contributed by atoms with Crippen LogP contribution in [0.25, 0.3) is 0 Å². The van der Waals surface area contributed by atoms with Gasteiger partial charge in [-0.3, -0.25) is 9.52 Å². The molecule has 0 bridgehead atoms. The lowest BCUT2D eigenvalue weighted by molar-refractivity contribution is -0.114. The van der Waals surface area contributed by atoms with Crippen LogP contribution < -0.4 is 14.8 Å². The summed E-state index contributed by atoms with van der Waals surface area (Å²) >= 11 is 0. The summed E-state index contributed by atoms with van der Waals surface area (Å²) in [5.74, 6) is -2.74. The molecule has 0 aromatic heterocycles. The second-order valence-corrected chi connectivity index (χ2v) is 6.80. The van der Waals surface area contributed by atoms with Gasteiger partial charge in [0.05, 0.1) is 18.4 Å². The molecule has 8 nitrogen and oxygen atoms in total. The normalized spacial score (nSPS) is 10.9. The zero-order chi connectivity index (χ0) is 19.5. The summed E-state index contributed by atoms with van der Waals surface area (Å²) in [4.78, 5) is 21.8. The van der Waals surface area contributed by atoms with Crippen molar-refractivity contribution >= 4 is 33.3 Å².